The highest BCUT2D eigenvalue weighted by Crippen LogP contribution is 2.22. The number of anilines is 2. The SMILES string of the molecule is O=C(CC(=O)Nc1ccc(O[N+](=O)[O-])cc1)Nc1ccc(Oc2ccccc2)cc1. The van der Waals surface area contributed by atoms with E-state index in [0.717, 1.165) is 0 Å². The molecule has 0 radical (unpaired) electrons. The second-order valence-corrected chi connectivity index (χ2v) is 6.05. The van der Waals surface area contributed by atoms with Gasteiger partial charge in [-0.1, -0.05) is 18.2 Å². The van der Waals surface area contributed by atoms with E-state index >= 15 is 0 Å². The summed E-state index contributed by atoms with van der Waals surface area (Å²) in [6.45, 7) is 0. The van der Waals surface area contributed by atoms with Crippen molar-refractivity contribution < 1.29 is 24.3 Å². The molecule has 152 valence electrons. The van der Waals surface area contributed by atoms with Crippen molar-refractivity contribution in [2.24, 2.45) is 0 Å². The first-order chi connectivity index (χ1) is 14.5. The second-order valence-electron chi connectivity index (χ2n) is 6.05. The number of hydrogen-bond donors (Lipinski definition) is 2. The normalized spacial score (nSPS) is 10.0. The zero-order valence-electron chi connectivity index (χ0n) is 15.6. The lowest BCUT2D eigenvalue weighted by Gasteiger charge is -2.09. The van der Waals surface area contributed by atoms with Crippen LogP contribution in [0.15, 0.2) is 78.9 Å². The molecule has 0 atom stereocenters. The number of benzene rings is 3. The van der Waals surface area contributed by atoms with Crippen LogP contribution < -0.4 is 20.2 Å². The molecule has 0 aliphatic carbocycles. The molecule has 0 aliphatic rings. The van der Waals surface area contributed by atoms with Crippen molar-refractivity contribution in [3.63, 3.8) is 0 Å². The highest BCUT2D eigenvalue weighted by Gasteiger charge is 2.11. The summed E-state index contributed by atoms with van der Waals surface area (Å²) in [5, 5.41) is 14.5. The molecule has 30 heavy (non-hydrogen) atoms. The van der Waals surface area contributed by atoms with Crippen LogP contribution in [-0.4, -0.2) is 16.9 Å². The average Bonchev–Trinajstić information content (AvgIpc) is 2.71. The zero-order valence-corrected chi connectivity index (χ0v) is 15.6. The Bertz CT molecular complexity index is 1020. The molecule has 0 saturated heterocycles. The molecule has 3 aromatic carbocycles. The Morgan fingerprint density at radius 3 is 1.70 bits per heavy atom. The minimum absolute atomic E-state index is 0.0235. The predicted octanol–water partition coefficient (Wildman–Crippen LogP) is 4.02. The average molecular weight is 407 g/mol. The van der Waals surface area contributed by atoms with E-state index in [9.17, 15) is 19.7 Å². The lowest BCUT2D eigenvalue weighted by atomic mass is 10.2. The molecule has 0 aromatic heterocycles. The maximum absolute atomic E-state index is 12.1. The van der Waals surface area contributed by atoms with Gasteiger partial charge in [0, 0.05) is 11.4 Å². The molecule has 0 fully saturated rings. The van der Waals surface area contributed by atoms with Gasteiger partial charge in [-0.05, 0) is 60.7 Å². The van der Waals surface area contributed by atoms with Crippen molar-refractivity contribution in [3.8, 4) is 17.2 Å². The van der Waals surface area contributed by atoms with Crippen LogP contribution in [-0.2, 0) is 9.59 Å². The van der Waals surface area contributed by atoms with Gasteiger partial charge in [0.2, 0.25) is 11.8 Å². The van der Waals surface area contributed by atoms with Crippen molar-refractivity contribution >= 4 is 23.2 Å². The smallest absolute Gasteiger partial charge is 0.299 e. The summed E-state index contributed by atoms with van der Waals surface area (Å²) in [4.78, 5) is 38.6. The fraction of sp³-hybridized carbons (Fsp3) is 0.0476. The van der Waals surface area contributed by atoms with Crippen LogP contribution in [0.4, 0.5) is 11.4 Å². The van der Waals surface area contributed by atoms with Gasteiger partial charge in [0.05, 0.1) is 0 Å². The molecule has 9 heteroatoms. The Hall–Kier alpha value is -4.40. The molecular formula is C21H17N3O6. The van der Waals surface area contributed by atoms with E-state index in [1.807, 2.05) is 30.3 Å². The Balaban J connectivity index is 1.47. The van der Waals surface area contributed by atoms with Crippen LogP contribution in [0.2, 0.25) is 0 Å². The van der Waals surface area contributed by atoms with Gasteiger partial charge in [-0.2, -0.15) is 0 Å². The van der Waals surface area contributed by atoms with E-state index in [1.165, 1.54) is 24.3 Å². The molecule has 0 spiro atoms. The minimum atomic E-state index is -0.932. The number of amides is 2. The molecule has 2 amide bonds. The largest absolute Gasteiger partial charge is 0.457 e. The molecular weight excluding hydrogens is 390 g/mol. The van der Waals surface area contributed by atoms with Gasteiger partial charge in [-0.3, -0.25) is 14.4 Å². The summed E-state index contributed by atoms with van der Waals surface area (Å²) < 4.78 is 5.68. The molecule has 0 aliphatic heterocycles. The monoisotopic (exact) mass is 407 g/mol. The number of hydrogen-bond acceptors (Lipinski definition) is 6. The molecule has 2 N–H and O–H groups in total. The number of rotatable bonds is 8. The Labute approximate surface area is 171 Å². The zero-order chi connectivity index (χ0) is 21.3. The van der Waals surface area contributed by atoms with E-state index in [-0.39, 0.29) is 5.75 Å². The third-order valence-corrected chi connectivity index (χ3v) is 3.76. The lowest BCUT2D eigenvalue weighted by molar-refractivity contribution is -0.711. The summed E-state index contributed by atoms with van der Waals surface area (Å²) in [7, 11) is 0. The first kappa shape index (κ1) is 20.3. The first-order valence-electron chi connectivity index (χ1n) is 8.83. The second kappa shape index (κ2) is 9.69. The molecule has 0 unspecified atom stereocenters. The number of ether oxygens (including phenoxy) is 1. The molecule has 3 aromatic rings. The van der Waals surface area contributed by atoms with E-state index in [0.29, 0.717) is 22.9 Å². The standard InChI is InChI=1S/C21H17N3O6/c25-20(14-21(26)23-16-8-12-19(13-9-16)30-24(27)28)22-15-6-10-18(11-7-15)29-17-4-2-1-3-5-17/h1-13H,14H2,(H,22,25)(H,23,26). The quantitative estimate of drug-likeness (QED) is 0.331. The fourth-order valence-electron chi connectivity index (χ4n) is 2.47. The van der Waals surface area contributed by atoms with Crippen LogP contribution in [0.3, 0.4) is 0 Å². The predicted molar refractivity (Wildman–Crippen MR) is 109 cm³/mol. The summed E-state index contributed by atoms with van der Waals surface area (Å²) >= 11 is 0. The van der Waals surface area contributed by atoms with Crippen molar-refractivity contribution in [1.82, 2.24) is 0 Å². The molecule has 0 heterocycles. The number of nitrogens with one attached hydrogen (secondary N) is 2. The Morgan fingerprint density at radius 2 is 1.20 bits per heavy atom. The third kappa shape index (κ3) is 6.34. The number of carbonyl (C=O) groups is 2. The topological polar surface area (TPSA) is 120 Å². The number of nitrogens with zero attached hydrogens (tertiary/aromatic N) is 1. The molecule has 0 saturated carbocycles. The summed E-state index contributed by atoms with van der Waals surface area (Å²) in [5.74, 6) is 0.317. The van der Waals surface area contributed by atoms with Crippen molar-refractivity contribution in [3.05, 3.63) is 89.0 Å². The van der Waals surface area contributed by atoms with Crippen LogP contribution >= 0.6 is 0 Å². The minimum Gasteiger partial charge on any atom is -0.457 e. The summed E-state index contributed by atoms with van der Waals surface area (Å²) in [6.07, 6.45) is -0.393. The van der Waals surface area contributed by atoms with Crippen molar-refractivity contribution in [2.75, 3.05) is 10.6 Å². The molecule has 9 nitrogen and oxygen atoms in total. The van der Waals surface area contributed by atoms with E-state index in [1.54, 1.807) is 24.3 Å². The van der Waals surface area contributed by atoms with Gasteiger partial charge in [-0.25, -0.2) is 0 Å². The van der Waals surface area contributed by atoms with Gasteiger partial charge in [0.25, 0.3) is 5.09 Å². The van der Waals surface area contributed by atoms with Gasteiger partial charge >= 0.3 is 0 Å². The van der Waals surface area contributed by atoms with E-state index in [4.69, 9.17) is 4.74 Å². The highest BCUT2D eigenvalue weighted by molar-refractivity contribution is 6.08. The van der Waals surface area contributed by atoms with Crippen LogP contribution in [0.5, 0.6) is 17.2 Å². The van der Waals surface area contributed by atoms with Crippen molar-refractivity contribution in [2.45, 2.75) is 6.42 Å². The summed E-state index contributed by atoms with van der Waals surface area (Å²) in [5.41, 5.74) is 0.903. The van der Waals surface area contributed by atoms with Crippen LogP contribution in [0.25, 0.3) is 0 Å². The maximum Gasteiger partial charge on any atom is 0.299 e. The van der Waals surface area contributed by atoms with E-state index in [2.05, 4.69) is 15.5 Å². The van der Waals surface area contributed by atoms with Gasteiger partial charge < -0.3 is 15.4 Å². The van der Waals surface area contributed by atoms with E-state index < -0.39 is 23.3 Å². The Kier molecular flexibility index (Phi) is 6.57. The molecule has 3 rings (SSSR count). The van der Waals surface area contributed by atoms with Gasteiger partial charge in [0.15, 0.2) is 0 Å². The van der Waals surface area contributed by atoms with Crippen molar-refractivity contribution in [1.29, 1.82) is 0 Å². The fourth-order valence-corrected chi connectivity index (χ4v) is 2.47. The summed E-state index contributed by atoms with van der Waals surface area (Å²) in [6, 6.07) is 21.6. The van der Waals surface area contributed by atoms with Crippen LogP contribution in [0, 0.1) is 10.1 Å². The lowest BCUT2D eigenvalue weighted by Crippen LogP contribution is -2.21. The van der Waals surface area contributed by atoms with Gasteiger partial charge in [-0.15, -0.1) is 10.1 Å². The molecule has 0 bridgehead atoms. The van der Waals surface area contributed by atoms with Crippen LogP contribution in [0.1, 0.15) is 6.42 Å². The Morgan fingerprint density at radius 1 is 0.733 bits per heavy atom. The van der Waals surface area contributed by atoms with Gasteiger partial charge in [0.1, 0.15) is 23.7 Å². The third-order valence-electron chi connectivity index (χ3n) is 3.76. The highest BCUT2D eigenvalue weighted by atomic mass is 17.0. The number of para-hydroxylation sites is 1. The maximum atomic E-state index is 12.1. The number of carbonyl (C=O) groups excluding carboxylic acids is 2. The first-order valence-corrected chi connectivity index (χ1v) is 8.83.